The fourth-order valence-corrected chi connectivity index (χ4v) is 1.34. The summed E-state index contributed by atoms with van der Waals surface area (Å²) < 4.78 is 36.9. The molecule has 0 aliphatic carbocycles. The van der Waals surface area contributed by atoms with E-state index in [1.54, 1.807) is 24.3 Å². The highest BCUT2D eigenvalue weighted by Gasteiger charge is 2.44. The zero-order valence-corrected chi connectivity index (χ0v) is 9.72. The van der Waals surface area contributed by atoms with Crippen LogP contribution in [0.25, 0.3) is 0 Å². The van der Waals surface area contributed by atoms with Crippen molar-refractivity contribution in [3.63, 3.8) is 0 Å². The highest BCUT2D eigenvalue weighted by Crippen LogP contribution is 2.26. The number of para-hydroxylation sites is 1. The summed E-state index contributed by atoms with van der Waals surface area (Å²) in [6.45, 7) is -0.802. The van der Waals surface area contributed by atoms with Gasteiger partial charge in [-0.3, -0.25) is 4.79 Å². The van der Waals surface area contributed by atoms with Crippen LogP contribution in [0.4, 0.5) is 18.9 Å². The first-order valence-electron chi connectivity index (χ1n) is 4.85. The average Bonchev–Trinajstić information content (AvgIpc) is 2.24. The van der Waals surface area contributed by atoms with Crippen LogP contribution in [0.1, 0.15) is 0 Å². The lowest BCUT2D eigenvalue weighted by atomic mass is 10.1. The number of aliphatic carboxylic acids is 1. The lowest BCUT2D eigenvalue weighted by Gasteiger charge is -2.17. The lowest BCUT2D eigenvalue weighted by Crippen LogP contribution is -2.40. The van der Waals surface area contributed by atoms with Crippen LogP contribution in [0.2, 0.25) is 5.02 Å². The van der Waals surface area contributed by atoms with Gasteiger partial charge < -0.3 is 10.5 Å². The van der Waals surface area contributed by atoms with Crippen molar-refractivity contribution in [2.45, 2.75) is 6.18 Å². The molecule has 0 saturated carbocycles. The summed E-state index contributed by atoms with van der Waals surface area (Å²) in [7, 11) is 0. The largest absolute Gasteiger partial charge is 0.481 e. The smallest absolute Gasteiger partial charge is 0.403 e. The summed E-state index contributed by atoms with van der Waals surface area (Å²) in [6.07, 6.45) is -4.80. The minimum absolute atomic E-state index is 0.309. The van der Waals surface area contributed by atoms with Gasteiger partial charge in [-0.2, -0.15) is 13.2 Å². The molecule has 1 aromatic carbocycles. The first-order chi connectivity index (χ1) is 8.32. The number of alkyl halides is 3. The van der Waals surface area contributed by atoms with E-state index in [4.69, 9.17) is 16.7 Å². The van der Waals surface area contributed by atoms with E-state index in [2.05, 4.69) is 10.9 Å². The Labute approximate surface area is 106 Å². The predicted octanol–water partition coefficient (Wildman–Crippen LogP) is 2.52. The summed E-state index contributed by atoms with van der Waals surface area (Å²) in [6, 6.07) is 6.38. The second-order valence-corrected chi connectivity index (χ2v) is 3.83. The van der Waals surface area contributed by atoms with Crippen LogP contribution < -0.4 is 10.9 Å². The van der Waals surface area contributed by atoms with Crippen molar-refractivity contribution in [1.82, 2.24) is 5.43 Å². The van der Waals surface area contributed by atoms with Crippen LogP contribution in [0.15, 0.2) is 24.3 Å². The molecule has 0 amide bonds. The topological polar surface area (TPSA) is 61.4 Å². The molecule has 1 atom stereocenters. The first kappa shape index (κ1) is 14.6. The number of nitrogens with one attached hydrogen (secondary N) is 2. The quantitative estimate of drug-likeness (QED) is 0.726. The van der Waals surface area contributed by atoms with Gasteiger partial charge in [0.05, 0.1) is 10.7 Å². The van der Waals surface area contributed by atoms with Gasteiger partial charge in [0.25, 0.3) is 0 Å². The maximum absolute atomic E-state index is 12.3. The number of hydrogen-bond acceptors (Lipinski definition) is 3. The van der Waals surface area contributed by atoms with Crippen LogP contribution in [0.5, 0.6) is 0 Å². The summed E-state index contributed by atoms with van der Waals surface area (Å²) in [4.78, 5) is 10.4. The van der Waals surface area contributed by atoms with Gasteiger partial charge in [0.15, 0.2) is 5.92 Å². The average molecular weight is 283 g/mol. The molecule has 0 aliphatic heterocycles. The molecule has 1 unspecified atom stereocenters. The van der Waals surface area contributed by atoms with Gasteiger partial charge in [0.2, 0.25) is 0 Å². The molecule has 1 rings (SSSR count). The Hall–Kier alpha value is -1.47. The molecule has 8 heteroatoms. The second-order valence-electron chi connectivity index (χ2n) is 3.42. The van der Waals surface area contributed by atoms with Crippen molar-refractivity contribution in [3.8, 4) is 0 Å². The number of carboxylic acid groups (broad SMARTS) is 1. The number of halogens is 4. The molecule has 18 heavy (non-hydrogen) atoms. The Morgan fingerprint density at radius 2 is 2.00 bits per heavy atom. The van der Waals surface area contributed by atoms with Gasteiger partial charge in [-0.1, -0.05) is 23.7 Å². The monoisotopic (exact) mass is 282 g/mol. The molecular weight excluding hydrogens is 273 g/mol. The van der Waals surface area contributed by atoms with E-state index < -0.39 is 24.6 Å². The van der Waals surface area contributed by atoms with Gasteiger partial charge in [-0.05, 0) is 12.1 Å². The summed E-state index contributed by atoms with van der Waals surface area (Å²) >= 11 is 5.75. The van der Waals surface area contributed by atoms with E-state index in [0.717, 1.165) is 0 Å². The molecule has 0 spiro atoms. The third-order valence-corrected chi connectivity index (χ3v) is 2.43. The Kier molecular flexibility index (Phi) is 4.80. The maximum atomic E-state index is 12.3. The lowest BCUT2D eigenvalue weighted by molar-refractivity contribution is -0.192. The van der Waals surface area contributed by atoms with Crippen molar-refractivity contribution in [1.29, 1.82) is 0 Å². The Bertz CT molecular complexity index is 426. The molecule has 100 valence electrons. The Morgan fingerprint density at radius 3 is 2.50 bits per heavy atom. The number of hydrogen-bond donors (Lipinski definition) is 3. The minimum Gasteiger partial charge on any atom is -0.481 e. The van der Waals surface area contributed by atoms with Gasteiger partial charge in [0, 0.05) is 6.54 Å². The van der Waals surface area contributed by atoms with Crippen LogP contribution >= 0.6 is 11.6 Å². The van der Waals surface area contributed by atoms with Crippen molar-refractivity contribution in [3.05, 3.63) is 29.3 Å². The molecule has 1 aromatic rings. The van der Waals surface area contributed by atoms with E-state index in [-0.39, 0.29) is 0 Å². The standard InChI is InChI=1S/C10H10ClF3N2O2/c11-7-3-1-2-4-8(7)16-15-5-6(9(17)18)10(12,13)14/h1-4,6,15-16H,5H2,(H,17,18). The molecule has 0 fully saturated rings. The zero-order valence-electron chi connectivity index (χ0n) is 8.96. The first-order valence-corrected chi connectivity index (χ1v) is 5.23. The zero-order chi connectivity index (χ0) is 13.8. The predicted molar refractivity (Wildman–Crippen MR) is 60.3 cm³/mol. The summed E-state index contributed by atoms with van der Waals surface area (Å²) in [5.74, 6) is -4.41. The van der Waals surface area contributed by atoms with Gasteiger partial charge in [-0.15, -0.1) is 0 Å². The van der Waals surface area contributed by atoms with Crippen LogP contribution in [-0.4, -0.2) is 23.8 Å². The summed E-state index contributed by atoms with van der Waals surface area (Å²) in [5.41, 5.74) is 4.99. The number of anilines is 1. The van der Waals surface area contributed by atoms with E-state index in [1.165, 1.54) is 0 Å². The molecule has 4 nitrogen and oxygen atoms in total. The number of hydrazine groups is 1. The van der Waals surface area contributed by atoms with E-state index in [0.29, 0.717) is 10.7 Å². The minimum atomic E-state index is -4.80. The fraction of sp³-hybridized carbons (Fsp3) is 0.300. The third-order valence-electron chi connectivity index (χ3n) is 2.10. The van der Waals surface area contributed by atoms with Crippen molar-refractivity contribution >= 4 is 23.3 Å². The molecule has 0 saturated heterocycles. The van der Waals surface area contributed by atoms with Gasteiger partial charge in [-0.25, -0.2) is 5.43 Å². The summed E-state index contributed by atoms with van der Waals surface area (Å²) in [5, 5.41) is 8.76. The van der Waals surface area contributed by atoms with Crippen LogP contribution in [-0.2, 0) is 4.79 Å². The SMILES string of the molecule is O=C(O)C(CNNc1ccccc1Cl)C(F)(F)F. The fourth-order valence-electron chi connectivity index (χ4n) is 1.15. The van der Waals surface area contributed by atoms with E-state index in [1.807, 2.05) is 0 Å². The van der Waals surface area contributed by atoms with Gasteiger partial charge >= 0.3 is 12.1 Å². The molecular formula is C10H10ClF3N2O2. The Morgan fingerprint density at radius 1 is 1.39 bits per heavy atom. The van der Waals surface area contributed by atoms with Gasteiger partial charge in [0.1, 0.15) is 0 Å². The second kappa shape index (κ2) is 5.92. The Balaban J connectivity index is 2.55. The van der Waals surface area contributed by atoms with Crippen LogP contribution in [0.3, 0.4) is 0 Å². The van der Waals surface area contributed by atoms with E-state index in [9.17, 15) is 18.0 Å². The molecule has 0 aromatic heterocycles. The number of carboxylic acids is 1. The number of carbonyl (C=O) groups is 1. The normalized spacial score (nSPS) is 13.1. The van der Waals surface area contributed by atoms with Crippen molar-refractivity contribution in [2.24, 2.45) is 5.92 Å². The molecule has 0 aliphatic rings. The maximum Gasteiger partial charge on any atom is 0.403 e. The number of rotatable bonds is 5. The van der Waals surface area contributed by atoms with E-state index >= 15 is 0 Å². The highest BCUT2D eigenvalue weighted by molar-refractivity contribution is 6.33. The molecule has 0 radical (unpaired) electrons. The third kappa shape index (κ3) is 4.08. The molecule has 0 heterocycles. The number of benzene rings is 1. The van der Waals surface area contributed by atoms with Crippen molar-refractivity contribution in [2.75, 3.05) is 12.0 Å². The van der Waals surface area contributed by atoms with Crippen LogP contribution in [0, 0.1) is 5.92 Å². The molecule has 3 N–H and O–H groups in total. The molecule has 0 bridgehead atoms. The highest BCUT2D eigenvalue weighted by atomic mass is 35.5. The van der Waals surface area contributed by atoms with Crippen molar-refractivity contribution < 1.29 is 23.1 Å².